The molecular weight excluding hydrogens is 208 g/mol. The van der Waals surface area contributed by atoms with Gasteiger partial charge in [0, 0.05) is 18.1 Å². The van der Waals surface area contributed by atoms with Crippen molar-refractivity contribution in [2.45, 2.75) is 39.5 Å². The first-order valence-electron chi connectivity index (χ1n) is 5.35. The van der Waals surface area contributed by atoms with Gasteiger partial charge in [-0.05, 0) is 12.8 Å². The molecule has 0 aliphatic carbocycles. The van der Waals surface area contributed by atoms with E-state index in [1.165, 1.54) is 6.08 Å². The van der Waals surface area contributed by atoms with Crippen LogP contribution in [0.4, 0.5) is 0 Å². The third kappa shape index (κ3) is 5.95. The maximum absolute atomic E-state index is 10.9. The van der Waals surface area contributed by atoms with Gasteiger partial charge in [-0.2, -0.15) is 0 Å². The molecule has 1 aliphatic heterocycles. The van der Waals surface area contributed by atoms with Crippen LogP contribution in [0.1, 0.15) is 39.5 Å². The summed E-state index contributed by atoms with van der Waals surface area (Å²) in [6.07, 6.45) is 4.55. The summed E-state index contributed by atoms with van der Waals surface area (Å²) in [5.74, 6) is -0.741. The van der Waals surface area contributed by atoms with E-state index in [1.54, 1.807) is 6.92 Å². The van der Waals surface area contributed by atoms with Crippen molar-refractivity contribution >= 4 is 17.7 Å². The normalized spacial score (nSPS) is 13.8. The second-order valence-electron chi connectivity index (χ2n) is 3.41. The van der Waals surface area contributed by atoms with Crippen LogP contribution in [0.3, 0.4) is 0 Å². The van der Waals surface area contributed by atoms with Crippen LogP contribution in [0.25, 0.3) is 0 Å². The predicted octanol–water partition coefficient (Wildman–Crippen LogP) is 0.641. The maximum Gasteiger partial charge on any atom is 0.254 e. The van der Waals surface area contributed by atoms with Gasteiger partial charge in [0.15, 0.2) is 0 Å². The van der Waals surface area contributed by atoms with Crippen LogP contribution in [0.15, 0.2) is 11.6 Å². The van der Waals surface area contributed by atoms with E-state index in [0.29, 0.717) is 18.4 Å². The van der Waals surface area contributed by atoms with Crippen LogP contribution in [0.5, 0.6) is 0 Å². The molecule has 1 aliphatic rings. The van der Waals surface area contributed by atoms with E-state index < -0.39 is 0 Å². The molecule has 5 heteroatoms. The van der Waals surface area contributed by atoms with Gasteiger partial charge in [0.25, 0.3) is 11.8 Å². The molecule has 0 saturated carbocycles. The van der Waals surface area contributed by atoms with Gasteiger partial charge in [0.1, 0.15) is 0 Å². The molecule has 3 amide bonds. The van der Waals surface area contributed by atoms with Gasteiger partial charge in [0.05, 0.1) is 0 Å². The average Bonchev–Trinajstić information content (AvgIpc) is 2.55. The Morgan fingerprint density at radius 2 is 1.94 bits per heavy atom. The van der Waals surface area contributed by atoms with Gasteiger partial charge in [-0.1, -0.05) is 20.3 Å². The fraction of sp³-hybridized carbons (Fsp3) is 0.545. The molecule has 0 aromatic rings. The third-order valence-electron chi connectivity index (χ3n) is 1.98. The summed E-state index contributed by atoms with van der Waals surface area (Å²) in [5.41, 5.74) is 5.27. The topological polar surface area (TPSA) is 89.3 Å². The van der Waals surface area contributed by atoms with Crippen molar-refractivity contribution in [3.8, 4) is 0 Å². The van der Waals surface area contributed by atoms with Gasteiger partial charge >= 0.3 is 0 Å². The molecular formula is C11H18N2O3. The van der Waals surface area contributed by atoms with Crippen molar-refractivity contribution < 1.29 is 14.4 Å². The summed E-state index contributed by atoms with van der Waals surface area (Å²) < 4.78 is 0. The molecule has 16 heavy (non-hydrogen) atoms. The molecule has 3 N–H and O–H groups in total. The van der Waals surface area contributed by atoms with E-state index in [2.05, 4.69) is 18.0 Å². The second-order valence-corrected chi connectivity index (χ2v) is 3.41. The number of hydrogen-bond acceptors (Lipinski definition) is 3. The smallest absolute Gasteiger partial charge is 0.254 e. The van der Waals surface area contributed by atoms with E-state index >= 15 is 0 Å². The number of unbranched alkanes of at least 4 members (excludes halogenated alkanes) is 1. The number of amides is 3. The molecule has 0 aromatic carbocycles. The van der Waals surface area contributed by atoms with Gasteiger partial charge in [-0.25, -0.2) is 0 Å². The molecule has 0 bridgehead atoms. The molecule has 5 nitrogen and oxygen atoms in total. The highest BCUT2D eigenvalue weighted by Crippen LogP contribution is 2.10. The van der Waals surface area contributed by atoms with Gasteiger partial charge in [0.2, 0.25) is 5.91 Å². The largest absolute Gasteiger partial charge is 0.370 e. The highest BCUT2D eigenvalue weighted by atomic mass is 16.2. The lowest BCUT2D eigenvalue weighted by Gasteiger charge is -1.95. The first kappa shape index (κ1) is 14.3. The monoisotopic (exact) mass is 226 g/mol. The van der Waals surface area contributed by atoms with E-state index in [1.807, 2.05) is 0 Å². The Morgan fingerprint density at radius 1 is 1.38 bits per heavy atom. The molecule has 0 unspecified atom stereocenters. The van der Waals surface area contributed by atoms with Crippen molar-refractivity contribution in [2.24, 2.45) is 5.73 Å². The number of rotatable bonds is 4. The number of hydrogen-bond donors (Lipinski definition) is 2. The zero-order chi connectivity index (χ0) is 12.6. The Kier molecular flexibility index (Phi) is 6.83. The second kappa shape index (κ2) is 7.62. The summed E-state index contributed by atoms with van der Waals surface area (Å²) in [7, 11) is 0. The maximum atomic E-state index is 10.9. The number of primary amides is 1. The number of carbonyl (C=O) groups is 3. The predicted molar refractivity (Wildman–Crippen MR) is 60.2 cm³/mol. The number of nitrogens with one attached hydrogen (secondary N) is 1. The minimum Gasteiger partial charge on any atom is -0.370 e. The fourth-order valence-electron chi connectivity index (χ4n) is 1.00. The van der Waals surface area contributed by atoms with Crippen molar-refractivity contribution in [2.75, 3.05) is 0 Å². The van der Waals surface area contributed by atoms with Crippen LogP contribution >= 0.6 is 0 Å². The molecule has 0 aromatic heterocycles. The van der Waals surface area contributed by atoms with Crippen LogP contribution in [-0.2, 0) is 14.4 Å². The number of nitrogens with two attached hydrogens (primary N) is 1. The van der Waals surface area contributed by atoms with E-state index in [-0.39, 0.29) is 17.7 Å². The first-order valence-corrected chi connectivity index (χ1v) is 5.35. The van der Waals surface area contributed by atoms with Crippen molar-refractivity contribution in [1.82, 2.24) is 5.32 Å². The summed E-state index contributed by atoms with van der Waals surface area (Å²) in [6, 6.07) is 0. The van der Waals surface area contributed by atoms with Crippen LogP contribution < -0.4 is 11.1 Å². The number of imide groups is 1. The molecule has 1 rings (SSSR count). The van der Waals surface area contributed by atoms with Crippen molar-refractivity contribution in [3.05, 3.63) is 11.6 Å². The lowest BCUT2D eigenvalue weighted by Crippen LogP contribution is -2.22. The SMILES string of the molecule is CCC(N)=O.CCCCC1=CC(=O)NC1=O. The quantitative estimate of drug-likeness (QED) is 0.689. The zero-order valence-electron chi connectivity index (χ0n) is 9.71. The lowest BCUT2D eigenvalue weighted by molar-refractivity contribution is -0.124. The Hall–Kier alpha value is -1.65. The standard InChI is InChI=1S/C8H11NO2.C3H7NO/c1-2-3-4-6-5-7(10)9-8(6)11;1-2-3(4)5/h5H,2-4H2,1H3,(H,9,10,11);2H2,1H3,(H2,4,5). The molecule has 90 valence electrons. The third-order valence-corrected chi connectivity index (χ3v) is 1.98. The highest BCUT2D eigenvalue weighted by Gasteiger charge is 2.19. The molecule has 0 spiro atoms. The first-order chi connectivity index (χ1) is 7.51. The van der Waals surface area contributed by atoms with Gasteiger partial charge in [-0.3, -0.25) is 19.7 Å². The summed E-state index contributed by atoms with van der Waals surface area (Å²) in [6.45, 7) is 3.78. The average molecular weight is 226 g/mol. The lowest BCUT2D eigenvalue weighted by atomic mass is 10.1. The van der Waals surface area contributed by atoms with E-state index in [0.717, 1.165) is 12.8 Å². The molecule has 0 saturated heterocycles. The summed E-state index contributed by atoms with van der Waals surface area (Å²) in [4.78, 5) is 31.1. The molecule has 1 heterocycles. The van der Waals surface area contributed by atoms with Gasteiger partial charge in [-0.15, -0.1) is 0 Å². The Labute approximate surface area is 95.1 Å². The van der Waals surface area contributed by atoms with E-state index in [9.17, 15) is 14.4 Å². The summed E-state index contributed by atoms with van der Waals surface area (Å²) >= 11 is 0. The Balaban J connectivity index is 0.000000385. The summed E-state index contributed by atoms with van der Waals surface area (Å²) in [5, 5.41) is 2.21. The number of carbonyl (C=O) groups excluding carboxylic acids is 3. The van der Waals surface area contributed by atoms with Crippen LogP contribution in [-0.4, -0.2) is 17.7 Å². The zero-order valence-corrected chi connectivity index (χ0v) is 9.71. The van der Waals surface area contributed by atoms with Crippen LogP contribution in [0, 0.1) is 0 Å². The van der Waals surface area contributed by atoms with Gasteiger partial charge < -0.3 is 5.73 Å². The van der Waals surface area contributed by atoms with Crippen molar-refractivity contribution in [1.29, 1.82) is 0 Å². The molecule has 0 fully saturated rings. The molecule has 0 radical (unpaired) electrons. The highest BCUT2D eigenvalue weighted by molar-refractivity contribution is 6.16. The molecule has 0 atom stereocenters. The van der Waals surface area contributed by atoms with Crippen LogP contribution in [0.2, 0.25) is 0 Å². The van der Waals surface area contributed by atoms with Crippen molar-refractivity contribution in [3.63, 3.8) is 0 Å². The Morgan fingerprint density at radius 3 is 2.25 bits per heavy atom. The minimum atomic E-state index is -0.277. The minimum absolute atomic E-state index is 0.219. The van der Waals surface area contributed by atoms with E-state index in [4.69, 9.17) is 0 Å². The fourth-order valence-corrected chi connectivity index (χ4v) is 1.00. The Bertz CT molecular complexity index is 308.